The summed E-state index contributed by atoms with van der Waals surface area (Å²) in [5.41, 5.74) is 1.18. The second-order valence-electron chi connectivity index (χ2n) is 5.14. The van der Waals surface area contributed by atoms with Crippen molar-refractivity contribution < 1.29 is 9.47 Å². The van der Waals surface area contributed by atoms with Gasteiger partial charge in [0.15, 0.2) is 11.5 Å². The molecule has 124 valence electrons. The number of nitrogens with zero attached hydrogens (tertiary/aromatic N) is 2. The quantitative estimate of drug-likeness (QED) is 0.511. The molecule has 0 radical (unpaired) electrons. The summed E-state index contributed by atoms with van der Waals surface area (Å²) in [5, 5.41) is 3.45. The monoisotopic (exact) mass is 315 g/mol. The number of aryl methyl sites for hydroxylation is 1. The van der Waals surface area contributed by atoms with Crippen LogP contribution in [0.1, 0.15) is 18.9 Å². The van der Waals surface area contributed by atoms with Crippen LogP contribution in [0.2, 0.25) is 0 Å². The lowest BCUT2D eigenvalue weighted by molar-refractivity contribution is 0.296. The van der Waals surface area contributed by atoms with Crippen LogP contribution in [-0.2, 0) is 13.1 Å². The normalized spacial score (nSPS) is 10.5. The van der Waals surface area contributed by atoms with E-state index in [1.807, 2.05) is 31.6 Å². The van der Waals surface area contributed by atoms with E-state index in [-0.39, 0.29) is 0 Å². The predicted molar refractivity (Wildman–Crippen MR) is 91.9 cm³/mol. The van der Waals surface area contributed by atoms with Gasteiger partial charge < -0.3 is 19.4 Å². The van der Waals surface area contributed by atoms with E-state index in [2.05, 4.69) is 27.5 Å². The molecule has 23 heavy (non-hydrogen) atoms. The molecule has 1 N–H and O–H groups in total. The molecule has 0 aliphatic rings. The van der Waals surface area contributed by atoms with Gasteiger partial charge in [-0.15, -0.1) is 0 Å². The van der Waals surface area contributed by atoms with Crippen molar-refractivity contribution in [2.24, 2.45) is 0 Å². The fourth-order valence-corrected chi connectivity index (χ4v) is 2.24. The lowest BCUT2D eigenvalue weighted by Crippen LogP contribution is -2.16. The average Bonchev–Trinajstić information content (AvgIpc) is 3.07. The Balaban J connectivity index is 1.79. The molecule has 0 bridgehead atoms. The minimum atomic E-state index is 0.478. The van der Waals surface area contributed by atoms with Crippen LogP contribution in [0.4, 0.5) is 0 Å². The van der Waals surface area contributed by atoms with Crippen LogP contribution in [0.25, 0.3) is 0 Å². The largest absolute Gasteiger partial charge is 0.490 e. The van der Waals surface area contributed by atoms with E-state index in [1.165, 1.54) is 5.56 Å². The maximum Gasteiger partial charge on any atom is 0.161 e. The Morgan fingerprint density at radius 1 is 1.30 bits per heavy atom. The zero-order valence-electron chi connectivity index (χ0n) is 13.7. The van der Waals surface area contributed by atoms with Gasteiger partial charge in [0.05, 0.1) is 12.9 Å². The third-order valence-electron chi connectivity index (χ3n) is 3.32. The molecular weight excluding hydrogens is 290 g/mol. The molecule has 1 aromatic carbocycles. The number of benzene rings is 1. The molecule has 0 fully saturated rings. The summed E-state index contributed by atoms with van der Waals surface area (Å²) >= 11 is 0. The maximum atomic E-state index is 5.65. The summed E-state index contributed by atoms with van der Waals surface area (Å²) in [6.45, 7) is 9.47. The van der Waals surface area contributed by atoms with Crippen LogP contribution < -0.4 is 14.8 Å². The zero-order valence-corrected chi connectivity index (χ0v) is 13.7. The van der Waals surface area contributed by atoms with Crippen molar-refractivity contribution in [1.82, 2.24) is 14.9 Å². The van der Waals surface area contributed by atoms with Gasteiger partial charge in [-0.25, -0.2) is 4.98 Å². The Labute approximate surface area is 137 Å². The van der Waals surface area contributed by atoms with Crippen LogP contribution in [0, 0.1) is 0 Å². The van der Waals surface area contributed by atoms with Gasteiger partial charge in [0.25, 0.3) is 0 Å². The Kier molecular flexibility index (Phi) is 7.20. The molecule has 0 saturated heterocycles. The summed E-state index contributed by atoms with van der Waals surface area (Å²) in [6.07, 6.45) is 8.42. The number of ether oxygens (including phenoxy) is 2. The highest BCUT2D eigenvalue weighted by Gasteiger charge is 2.06. The first kappa shape index (κ1) is 17.1. The molecule has 0 atom stereocenters. The van der Waals surface area contributed by atoms with Crippen molar-refractivity contribution in [1.29, 1.82) is 0 Å². The lowest BCUT2D eigenvalue weighted by Gasteiger charge is -2.13. The summed E-state index contributed by atoms with van der Waals surface area (Å²) in [6, 6.07) is 6.05. The highest BCUT2D eigenvalue weighted by Crippen LogP contribution is 2.28. The molecule has 0 aliphatic heterocycles. The second kappa shape index (κ2) is 9.69. The molecular formula is C18H25N3O2. The van der Waals surface area contributed by atoms with Gasteiger partial charge in [-0.3, -0.25) is 0 Å². The van der Waals surface area contributed by atoms with Crippen LogP contribution >= 0.6 is 0 Å². The summed E-state index contributed by atoms with van der Waals surface area (Å²) in [4.78, 5) is 4.04. The number of nitrogens with one attached hydrogen (secondary N) is 1. The molecule has 0 unspecified atom stereocenters. The predicted octanol–water partition coefficient (Wildman–Crippen LogP) is 3.03. The van der Waals surface area contributed by atoms with E-state index >= 15 is 0 Å². The van der Waals surface area contributed by atoms with Gasteiger partial charge in [0, 0.05) is 25.5 Å². The van der Waals surface area contributed by atoms with Crippen molar-refractivity contribution in [3.63, 3.8) is 0 Å². The van der Waals surface area contributed by atoms with Gasteiger partial charge in [-0.05, 0) is 37.6 Å². The van der Waals surface area contributed by atoms with E-state index < -0.39 is 0 Å². The first-order valence-corrected chi connectivity index (χ1v) is 7.99. The fraction of sp³-hybridized carbons (Fsp3) is 0.389. The van der Waals surface area contributed by atoms with Crippen molar-refractivity contribution in [2.75, 3.05) is 19.8 Å². The molecule has 2 aromatic rings. The summed E-state index contributed by atoms with van der Waals surface area (Å²) in [7, 11) is 0. The topological polar surface area (TPSA) is 48.3 Å². The second-order valence-corrected chi connectivity index (χ2v) is 5.14. The first-order chi connectivity index (χ1) is 11.3. The molecule has 1 heterocycles. The maximum absolute atomic E-state index is 5.65. The number of rotatable bonds is 11. The Morgan fingerprint density at radius 2 is 2.22 bits per heavy atom. The van der Waals surface area contributed by atoms with Gasteiger partial charge in [-0.1, -0.05) is 18.7 Å². The summed E-state index contributed by atoms with van der Waals surface area (Å²) < 4.78 is 13.3. The zero-order chi connectivity index (χ0) is 16.3. The Bertz CT molecular complexity index is 582. The van der Waals surface area contributed by atoms with Crippen LogP contribution in [-0.4, -0.2) is 29.3 Å². The standard InChI is InChI=1S/C18H25N3O2/c1-3-12-23-17-7-6-16(13-18(17)22-4-2)14-19-8-5-10-21-11-9-20-15-21/h3,6-7,9,11,13,15,19H,1,4-5,8,10,12,14H2,2H3. The van der Waals surface area contributed by atoms with Gasteiger partial charge in [0.1, 0.15) is 6.61 Å². The van der Waals surface area contributed by atoms with Crippen molar-refractivity contribution in [3.05, 3.63) is 55.1 Å². The van der Waals surface area contributed by atoms with E-state index in [9.17, 15) is 0 Å². The van der Waals surface area contributed by atoms with Crippen molar-refractivity contribution in [2.45, 2.75) is 26.4 Å². The third-order valence-corrected chi connectivity index (χ3v) is 3.32. The lowest BCUT2D eigenvalue weighted by atomic mass is 10.2. The molecule has 0 spiro atoms. The third kappa shape index (κ3) is 5.79. The molecule has 5 nitrogen and oxygen atoms in total. The highest BCUT2D eigenvalue weighted by atomic mass is 16.5. The van der Waals surface area contributed by atoms with E-state index in [4.69, 9.17) is 9.47 Å². The minimum absolute atomic E-state index is 0.478. The first-order valence-electron chi connectivity index (χ1n) is 7.99. The van der Waals surface area contributed by atoms with Gasteiger partial charge in [0.2, 0.25) is 0 Å². The van der Waals surface area contributed by atoms with Gasteiger partial charge >= 0.3 is 0 Å². The van der Waals surface area contributed by atoms with Crippen LogP contribution in [0.15, 0.2) is 49.6 Å². The van der Waals surface area contributed by atoms with Crippen molar-refractivity contribution >= 4 is 0 Å². The van der Waals surface area contributed by atoms with Crippen LogP contribution in [0.5, 0.6) is 11.5 Å². The molecule has 0 aliphatic carbocycles. The molecule has 2 rings (SSSR count). The van der Waals surface area contributed by atoms with E-state index in [1.54, 1.807) is 12.3 Å². The molecule has 1 aromatic heterocycles. The molecule has 0 saturated carbocycles. The number of imidazole rings is 1. The number of hydrogen-bond donors (Lipinski definition) is 1. The van der Waals surface area contributed by atoms with E-state index in [0.717, 1.165) is 37.6 Å². The van der Waals surface area contributed by atoms with Crippen LogP contribution in [0.3, 0.4) is 0 Å². The minimum Gasteiger partial charge on any atom is -0.490 e. The highest BCUT2D eigenvalue weighted by molar-refractivity contribution is 5.43. The Morgan fingerprint density at radius 3 is 2.96 bits per heavy atom. The van der Waals surface area contributed by atoms with Gasteiger partial charge in [-0.2, -0.15) is 0 Å². The number of hydrogen-bond acceptors (Lipinski definition) is 4. The SMILES string of the molecule is C=CCOc1ccc(CNCCCn2ccnc2)cc1OCC. The molecule has 0 amide bonds. The average molecular weight is 315 g/mol. The van der Waals surface area contributed by atoms with E-state index in [0.29, 0.717) is 13.2 Å². The van der Waals surface area contributed by atoms with Crippen molar-refractivity contribution in [3.8, 4) is 11.5 Å². The smallest absolute Gasteiger partial charge is 0.161 e. The molecule has 5 heteroatoms. The number of aromatic nitrogens is 2. The fourth-order valence-electron chi connectivity index (χ4n) is 2.24. The Hall–Kier alpha value is -2.27. The summed E-state index contributed by atoms with van der Waals surface area (Å²) in [5.74, 6) is 1.54.